The summed E-state index contributed by atoms with van der Waals surface area (Å²) in [4.78, 5) is 15.6. The van der Waals surface area contributed by atoms with Crippen LogP contribution in [0.15, 0.2) is 52.9 Å². The number of rotatable bonds is 12. The predicted octanol–water partition coefficient (Wildman–Crippen LogP) is 4.12. The molecule has 0 saturated heterocycles. The number of nitrogens with zero attached hydrogens (tertiary/aromatic N) is 1. The lowest BCUT2D eigenvalue weighted by atomic mass is 10.0. The van der Waals surface area contributed by atoms with E-state index in [1.54, 1.807) is 32.0 Å². The van der Waals surface area contributed by atoms with Gasteiger partial charge in [-0.1, -0.05) is 24.3 Å². The largest absolute Gasteiger partial charge is 0.493 e. The maximum atomic E-state index is 12.2. The van der Waals surface area contributed by atoms with E-state index in [0.717, 1.165) is 22.6 Å². The van der Waals surface area contributed by atoms with E-state index in [1.165, 1.54) is 0 Å². The number of nitrogens with one attached hydrogen (secondary N) is 1. The molecule has 1 aromatic heterocycles. The molecule has 182 valence electrons. The van der Waals surface area contributed by atoms with Crippen molar-refractivity contribution in [2.45, 2.75) is 51.8 Å². The van der Waals surface area contributed by atoms with Crippen molar-refractivity contribution in [1.82, 2.24) is 9.71 Å². The Labute approximate surface area is 200 Å². The molecule has 0 atom stereocenters. The summed E-state index contributed by atoms with van der Waals surface area (Å²) in [6.45, 7) is 5.48. The van der Waals surface area contributed by atoms with Crippen molar-refractivity contribution in [3.63, 3.8) is 0 Å². The second kappa shape index (κ2) is 11.3. The van der Waals surface area contributed by atoms with Crippen molar-refractivity contribution in [1.29, 1.82) is 0 Å². The molecule has 0 fully saturated rings. The quantitative estimate of drug-likeness (QED) is 0.395. The van der Waals surface area contributed by atoms with Crippen LogP contribution in [0, 0.1) is 6.92 Å². The Balaban J connectivity index is 1.68. The van der Waals surface area contributed by atoms with E-state index in [9.17, 15) is 13.2 Å². The molecule has 1 heterocycles. The highest BCUT2D eigenvalue weighted by molar-refractivity contribution is 7.90. The molecule has 0 aliphatic carbocycles. The first kappa shape index (κ1) is 25.5. The van der Waals surface area contributed by atoms with Crippen LogP contribution < -0.4 is 9.46 Å². The highest BCUT2D eigenvalue weighted by atomic mass is 32.2. The van der Waals surface area contributed by atoms with Gasteiger partial charge in [0.05, 0.1) is 17.6 Å². The molecule has 0 radical (unpaired) electrons. The molecule has 0 spiro atoms. The number of hydrogen-bond donors (Lipinski definition) is 2. The van der Waals surface area contributed by atoms with Crippen LogP contribution >= 0.6 is 0 Å². The summed E-state index contributed by atoms with van der Waals surface area (Å²) >= 11 is 0. The molecular weight excluding hydrogens is 456 g/mol. The van der Waals surface area contributed by atoms with Crippen molar-refractivity contribution in [3.05, 3.63) is 71.1 Å². The number of hydrogen-bond acceptors (Lipinski definition) is 6. The standard InChI is InChI=1S/C25H30N2O6S/c1-17(2)34(30,31)26-16-21-15-22(11-9-19(21)10-12-24(28)29)32-14-13-23-18(3)33-25(27-23)20-7-5-4-6-8-20/h4-9,11,15,17,26H,10,12-14,16H2,1-3H3,(H,28,29). The maximum Gasteiger partial charge on any atom is 0.303 e. The zero-order valence-corrected chi connectivity index (χ0v) is 20.4. The van der Waals surface area contributed by atoms with Crippen molar-refractivity contribution in [3.8, 4) is 17.2 Å². The molecule has 0 bridgehead atoms. The van der Waals surface area contributed by atoms with Crippen LogP contribution in [0.5, 0.6) is 5.75 Å². The topological polar surface area (TPSA) is 119 Å². The minimum atomic E-state index is -3.46. The van der Waals surface area contributed by atoms with Crippen LogP contribution in [0.1, 0.15) is 42.8 Å². The second-order valence-corrected chi connectivity index (χ2v) is 10.5. The van der Waals surface area contributed by atoms with E-state index < -0.39 is 21.2 Å². The molecule has 0 unspecified atom stereocenters. The monoisotopic (exact) mass is 486 g/mol. The van der Waals surface area contributed by atoms with Crippen LogP contribution in [0.25, 0.3) is 11.5 Å². The molecule has 0 aliphatic rings. The minimum Gasteiger partial charge on any atom is -0.493 e. The van der Waals surface area contributed by atoms with Crippen LogP contribution in [-0.2, 0) is 34.2 Å². The number of carboxylic acids is 1. The number of carbonyl (C=O) groups is 1. The van der Waals surface area contributed by atoms with Gasteiger partial charge in [0.1, 0.15) is 11.5 Å². The number of benzene rings is 2. The molecule has 0 amide bonds. The zero-order chi connectivity index (χ0) is 24.7. The average Bonchev–Trinajstić information content (AvgIpc) is 3.18. The Hall–Kier alpha value is -3.17. The summed E-state index contributed by atoms with van der Waals surface area (Å²) in [5.74, 6) is 0.958. The van der Waals surface area contributed by atoms with Crippen molar-refractivity contribution >= 4 is 16.0 Å². The van der Waals surface area contributed by atoms with Crippen molar-refractivity contribution in [2.24, 2.45) is 0 Å². The number of sulfonamides is 1. The van der Waals surface area contributed by atoms with E-state index in [1.807, 2.05) is 37.3 Å². The Morgan fingerprint density at radius 3 is 2.53 bits per heavy atom. The summed E-state index contributed by atoms with van der Waals surface area (Å²) in [7, 11) is -3.46. The van der Waals surface area contributed by atoms with Gasteiger partial charge in [-0.2, -0.15) is 0 Å². The van der Waals surface area contributed by atoms with Crippen molar-refractivity contribution < 1.29 is 27.5 Å². The lowest BCUT2D eigenvalue weighted by Gasteiger charge is -2.14. The molecule has 0 saturated carbocycles. The highest BCUT2D eigenvalue weighted by Gasteiger charge is 2.17. The molecular formula is C25H30N2O6S. The van der Waals surface area contributed by atoms with Gasteiger partial charge in [-0.15, -0.1) is 0 Å². The maximum absolute atomic E-state index is 12.2. The fourth-order valence-electron chi connectivity index (χ4n) is 3.32. The second-order valence-electron chi connectivity index (χ2n) is 8.23. The minimum absolute atomic E-state index is 0.0423. The third-order valence-corrected chi connectivity index (χ3v) is 7.18. The summed E-state index contributed by atoms with van der Waals surface area (Å²) in [6, 6.07) is 15.0. The molecule has 9 heteroatoms. The van der Waals surface area contributed by atoms with Gasteiger partial charge in [0, 0.05) is 24.9 Å². The van der Waals surface area contributed by atoms with Crippen LogP contribution in [0.4, 0.5) is 0 Å². The third-order valence-electron chi connectivity index (χ3n) is 5.39. The van der Waals surface area contributed by atoms with Crippen LogP contribution in [0.2, 0.25) is 0 Å². The molecule has 3 aromatic rings. The van der Waals surface area contributed by atoms with Gasteiger partial charge in [0.2, 0.25) is 15.9 Å². The Bertz CT molecular complexity index is 1220. The number of aromatic nitrogens is 1. The summed E-state index contributed by atoms with van der Waals surface area (Å²) in [5.41, 5.74) is 3.16. The van der Waals surface area contributed by atoms with Crippen LogP contribution in [0.3, 0.4) is 0 Å². The predicted molar refractivity (Wildman–Crippen MR) is 129 cm³/mol. The van der Waals surface area contributed by atoms with Gasteiger partial charge < -0.3 is 14.3 Å². The zero-order valence-electron chi connectivity index (χ0n) is 19.6. The van der Waals surface area contributed by atoms with Gasteiger partial charge in [-0.05, 0) is 62.6 Å². The first-order valence-corrected chi connectivity index (χ1v) is 12.7. The van der Waals surface area contributed by atoms with E-state index in [4.69, 9.17) is 14.3 Å². The number of oxazole rings is 1. The Kier molecular flexibility index (Phi) is 8.46. The molecule has 8 nitrogen and oxygen atoms in total. The summed E-state index contributed by atoms with van der Waals surface area (Å²) < 4.78 is 38.6. The fourth-order valence-corrected chi connectivity index (χ4v) is 4.01. The van der Waals surface area contributed by atoms with E-state index >= 15 is 0 Å². The third kappa shape index (κ3) is 6.91. The normalized spacial score (nSPS) is 11.6. The van der Waals surface area contributed by atoms with Gasteiger partial charge in [0.15, 0.2) is 0 Å². The SMILES string of the molecule is Cc1oc(-c2ccccc2)nc1CCOc1ccc(CCC(=O)O)c(CNS(=O)(=O)C(C)C)c1. The first-order chi connectivity index (χ1) is 16.2. The number of aryl methyl sites for hydroxylation is 2. The molecule has 0 aliphatic heterocycles. The Morgan fingerprint density at radius 1 is 1.12 bits per heavy atom. The fraction of sp³-hybridized carbons (Fsp3) is 0.360. The number of carboxylic acid groups (broad SMARTS) is 1. The van der Waals surface area contributed by atoms with Gasteiger partial charge in [-0.3, -0.25) is 4.79 Å². The molecule has 34 heavy (non-hydrogen) atoms. The van der Waals surface area contributed by atoms with E-state index in [0.29, 0.717) is 36.7 Å². The number of ether oxygens (including phenoxy) is 1. The highest BCUT2D eigenvalue weighted by Crippen LogP contribution is 2.23. The summed E-state index contributed by atoms with van der Waals surface area (Å²) in [6.07, 6.45) is 0.798. The summed E-state index contributed by atoms with van der Waals surface area (Å²) in [5, 5.41) is 8.46. The Morgan fingerprint density at radius 2 is 1.85 bits per heavy atom. The first-order valence-electron chi connectivity index (χ1n) is 11.1. The average molecular weight is 487 g/mol. The van der Waals surface area contributed by atoms with E-state index in [-0.39, 0.29) is 13.0 Å². The smallest absolute Gasteiger partial charge is 0.303 e. The van der Waals surface area contributed by atoms with Gasteiger partial charge in [0.25, 0.3) is 0 Å². The van der Waals surface area contributed by atoms with Gasteiger partial charge >= 0.3 is 5.97 Å². The molecule has 3 rings (SSSR count). The van der Waals surface area contributed by atoms with Crippen LogP contribution in [-0.4, -0.2) is 36.3 Å². The lowest BCUT2D eigenvalue weighted by Crippen LogP contribution is -2.30. The van der Waals surface area contributed by atoms with Crippen molar-refractivity contribution in [2.75, 3.05) is 6.61 Å². The molecule has 2 N–H and O–H groups in total. The van der Waals surface area contributed by atoms with Gasteiger partial charge in [-0.25, -0.2) is 18.1 Å². The lowest BCUT2D eigenvalue weighted by molar-refractivity contribution is -0.136. The molecule has 2 aromatic carbocycles. The van der Waals surface area contributed by atoms with E-state index in [2.05, 4.69) is 9.71 Å². The number of aliphatic carboxylic acids is 1.